The Labute approximate surface area is 89.6 Å². The highest BCUT2D eigenvalue weighted by Gasteiger charge is 2.27. The van der Waals surface area contributed by atoms with E-state index in [0.717, 1.165) is 18.6 Å². The van der Waals surface area contributed by atoms with E-state index in [0.29, 0.717) is 11.8 Å². The van der Waals surface area contributed by atoms with Crippen molar-refractivity contribution >= 4 is 17.7 Å². The lowest BCUT2D eigenvalue weighted by molar-refractivity contribution is -0.138. The first-order valence-corrected chi connectivity index (χ1v) is 6.46. The van der Waals surface area contributed by atoms with Crippen molar-refractivity contribution in [1.82, 2.24) is 5.32 Å². The van der Waals surface area contributed by atoms with Crippen LogP contribution < -0.4 is 5.32 Å². The molecule has 0 aromatic heterocycles. The Hall–Kier alpha value is -0.220. The van der Waals surface area contributed by atoms with Gasteiger partial charge in [-0.1, -0.05) is 13.3 Å². The van der Waals surface area contributed by atoms with E-state index in [1.54, 1.807) is 11.8 Å². The Bertz CT molecular complexity index is 183. The lowest BCUT2D eigenvalue weighted by atomic mass is 10.3. The van der Waals surface area contributed by atoms with E-state index in [1.165, 1.54) is 12.8 Å². The number of hydrogen-bond acceptors (Lipinski definition) is 3. The molecule has 0 aliphatic heterocycles. The molecule has 1 aliphatic rings. The van der Waals surface area contributed by atoms with Gasteiger partial charge in [-0.25, -0.2) is 0 Å². The SMILES string of the molecule is CCCCSCC(NC1CC1)C(=O)O. The molecule has 82 valence electrons. The fourth-order valence-corrected chi connectivity index (χ4v) is 2.31. The van der Waals surface area contributed by atoms with Crippen LogP contribution in [0, 0.1) is 0 Å². The highest BCUT2D eigenvalue weighted by Crippen LogP contribution is 2.20. The lowest BCUT2D eigenvalue weighted by Crippen LogP contribution is -2.40. The molecule has 0 amide bonds. The second-order valence-corrected chi connectivity index (χ2v) is 4.91. The van der Waals surface area contributed by atoms with Crippen LogP contribution in [-0.4, -0.2) is 34.7 Å². The first-order valence-electron chi connectivity index (χ1n) is 5.30. The fourth-order valence-electron chi connectivity index (χ4n) is 1.17. The lowest BCUT2D eigenvalue weighted by Gasteiger charge is -2.12. The maximum atomic E-state index is 10.9. The van der Waals surface area contributed by atoms with Crippen LogP contribution in [0.3, 0.4) is 0 Å². The van der Waals surface area contributed by atoms with Gasteiger partial charge in [0, 0.05) is 11.8 Å². The van der Waals surface area contributed by atoms with E-state index < -0.39 is 5.97 Å². The first kappa shape index (κ1) is 11.9. The fraction of sp³-hybridized carbons (Fsp3) is 0.900. The van der Waals surface area contributed by atoms with Gasteiger partial charge in [0.1, 0.15) is 6.04 Å². The van der Waals surface area contributed by atoms with Gasteiger partial charge in [-0.3, -0.25) is 4.79 Å². The zero-order chi connectivity index (χ0) is 10.4. The van der Waals surface area contributed by atoms with Crippen LogP contribution in [0.5, 0.6) is 0 Å². The number of carboxylic acids is 1. The molecule has 2 N–H and O–H groups in total. The Morgan fingerprint density at radius 1 is 1.64 bits per heavy atom. The molecule has 14 heavy (non-hydrogen) atoms. The second kappa shape index (κ2) is 6.30. The predicted octanol–water partition coefficient (Wildman–Crippen LogP) is 1.72. The number of hydrogen-bond donors (Lipinski definition) is 2. The maximum Gasteiger partial charge on any atom is 0.321 e. The molecule has 0 bridgehead atoms. The highest BCUT2D eigenvalue weighted by molar-refractivity contribution is 7.99. The van der Waals surface area contributed by atoms with Crippen molar-refractivity contribution < 1.29 is 9.90 Å². The highest BCUT2D eigenvalue weighted by atomic mass is 32.2. The van der Waals surface area contributed by atoms with Gasteiger partial charge in [0.15, 0.2) is 0 Å². The summed E-state index contributed by atoms with van der Waals surface area (Å²) in [5, 5.41) is 12.1. The second-order valence-electron chi connectivity index (χ2n) is 3.76. The molecule has 1 rings (SSSR count). The van der Waals surface area contributed by atoms with Gasteiger partial charge in [0.2, 0.25) is 0 Å². The van der Waals surface area contributed by atoms with Crippen LogP contribution in [0.2, 0.25) is 0 Å². The summed E-state index contributed by atoms with van der Waals surface area (Å²) in [7, 11) is 0. The van der Waals surface area contributed by atoms with Gasteiger partial charge in [-0.15, -0.1) is 0 Å². The number of carbonyl (C=O) groups is 1. The molecular formula is C10H19NO2S. The van der Waals surface area contributed by atoms with E-state index in [-0.39, 0.29) is 6.04 Å². The zero-order valence-corrected chi connectivity index (χ0v) is 9.48. The van der Waals surface area contributed by atoms with Gasteiger partial charge in [-0.2, -0.15) is 11.8 Å². The molecule has 3 nitrogen and oxygen atoms in total. The summed E-state index contributed by atoms with van der Waals surface area (Å²) >= 11 is 1.74. The summed E-state index contributed by atoms with van der Waals surface area (Å²) in [6.45, 7) is 2.15. The van der Waals surface area contributed by atoms with E-state index in [4.69, 9.17) is 5.11 Å². The molecule has 0 radical (unpaired) electrons. The molecule has 1 aliphatic carbocycles. The Morgan fingerprint density at radius 3 is 2.86 bits per heavy atom. The van der Waals surface area contributed by atoms with Crippen molar-refractivity contribution in [2.24, 2.45) is 0 Å². The number of aliphatic carboxylic acids is 1. The topological polar surface area (TPSA) is 49.3 Å². The largest absolute Gasteiger partial charge is 0.480 e. The standard InChI is InChI=1S/C10H19NO2S/c1-2-3-6-14-7-9(10(12)13)11-8-4-5-8/h8-9,11H,2-7H2,1H3,(H,12,13). The molecular weight excluding hydrogens is 198 g/mol. The van der Waals surface area contributed by atoms with Crippen LogP contribution in [-0.2, 0) is 4.79 Å². The number of nitrogens with one attached hydrogen (secondary N) is 1. The van der Waals surface area contributed by atoms with Crippen molar-refractivity contribution in [3.05, 3.63) is 0 Å². The number of unbranched alkanes of at least 4 members (excludes halogenated alkanes) is 1. The summed E-state index contributed by atoms with van der Waals surface area (Å²) in [6.07, 6.45) is 4.65. The summed E-state index contributed by atoms with van der Waals surface area (Å²) in [4.78, 5) is 10.9. The summed E-state index contributed by atoms with van der Waals surface area (Å²) < 4.78 is 0. The average Bonchev–Trinajstić information content (AvgIpc) is 2.93. The smallest absolute Gasteiger partial charge is 0.321 e. The summed E-state index contributed by atoms with van der Waals surface area (Å²) in [5.74, 6) is 1.07. The molecule has 1 fully saturated rings. The van der Waals surface area contributed by atoms with Crippen molar-refractivity contribution in [3.63, 3.8) is 0 Å². The van der Waals surface area contributed by atoms with E-state index in [2.05, 4.69) is 12.2 Å². The summed E-state index contributed by atoms with van der Waals surface area (Å²) in [5.41, 5.74) is 0. The van der Waals surface area contributed by atoms with Crippen LogP contribution in [0.1, 0.15) is 32.6 Å². The predicted molar refractivity (Wildman–Crippen MR) is 59.8 cm³/mol. The molecule has 0 aromatic carbocycles. The minimum atomic E-state index is -0.708. The van der Waals surface area contributed by atoms with E-state index in [9.17, 15) is 4.79 Å². The monoisotopic (exact) mass is 217 g/mol. The quantitative estimate of drug-likeness (QED) is 0.608. The first-order chi connectivity index (χ1) is 6.74. The van der Waals surface area contributed by atoms with Crippen molar-refractivity contribution in [2.75, 3.05) is 11.5 Å². The third kappa shape index (κ3) is 4.86. The van der Waals surface area contributed by atoms with Crippen LogP contribution >= 0.6 is 11.8 Å². The van der Waals surface area contributed by atoms with Crippen LogP contribution in [0.15, 0.2) is 0 Å². The molecule has 1 atom stereocenters. The number of rotatable bonds is 8. The molecule has 1 unspecified atom stereocenters. The van der Waals surface area contributed by atoms with Crippen molar-refractivity contribution in [2.45, 2.75) is 44.7 Å². The Kier molecular flexibility index (Phi) is 5.33. The van der Waals surface area contributed by atoms with Gasteiger partial charge >= 0.3 is 5.97 Å². The van der Waals surface area contributed by atoms with E-state index >= 15 is 0 Å². The van der Waals surface area contributed by atoms with Crippen LogP contribution in [0.25, 0.3) is 0 Å². The Morgan fingerprint density at radius 2 is 2.36 bits per heavy atom. The zero-order valence-electron chi connectivity index (χ0n) is 8.66. The molecule has 1 saturated carbocycles. The number of thioether (sulfide) groups is 1. The average molecular weight is 217 g/mol. The van der Waals surface area contributed by atoms with E-state index in [1.807, 2.05) is 0 Å². The molecule has 0 aromatic rings. The third-order valence-electron chi connectivity index (χ3n) is 2.24. The molecule has 4 heteroatoms. The normalized spacial score (nSPS) is 18.1. The maximum absolute atomic E-state index is 10.9. The minimum absolute atomic E-state index is 0.343. The molecule has 0 spiro atoms. The van der Waals surface area contributed by atoms with Crippen molar-refractivity contribution in [3.8, 4) is 0 Å². The minimum Gasteiger partial charge on any atom is -0.480 e. The van der Waals surface area contributed by atoms with Crippen molar-refractivity contribution in [1.29, 1.82) is 0 Å². The summed E-state index contributed by atoms with van der Waals surface area (Å²) in [6, 6.07) is 0.132. The third-order valence-corrected chi connectivity index (χ3v) is 3.39. The van der Waals surface area contributed by atoms with Gasteiger partial charge in [0.05, 0.1) is 0 Å². The molecule has 0 heterocycles. The van der Waals surface area contributed by atoms with Gasteiger partial charge in [0.25, 0.3) is 0 Å². The van der Waals surface area contributed by atoms with Gasteiger partial charge < -0.3 is 10.4 Å². The van der Waals surface area contributed by atoms with Crippen LogP contribution in [0.4, 0.5) is 0 Å². The Balaban J connectivity index is 2.10. The van der Waals surface area contributed by atoms with Gasteiger partial charge in [-0.05, 0) is 25.0 Å². The number of carboxylic acid groups (broad SMARTS) is 1. The molecule has 0 saturated heterocycles.